The summed E-state index contributed by atoms with van der Waals surface area (Å²) in [4.78, 5) is 12.9. The van der Waals surface area contributed by atoms with Crippen LogP contribution >= 0.6 is 0 Å². The van der Waals surface area contributed by atoms with Crippen LogP contribution in [-0.2, 0) is 4.79 Å². The molecule has 4 aliphatic rings. The number of carbonyl (C=O) groups excluding carboxylic acids is 1. The summed E-state index contributed by atoms with van der Waals surface area (Å²) in [7, 11) is 1.67. The van der Waals surface area contributed by atoms with Gasteiger partial charge in [0.1, 0.15) is 5.75 Å². The summed E-state index contributed by atoms with van der Waals surface area (Å²) >= 11 is 0. The first-order valence-electron chi connectivity index (χ1n) is 8.54. The number of carbonyl (C=O) groups is 1. The number of allylic oxidation sites excluding steroid dienone is 1. The van der Waals surface area contributed by atoms with Gasteiger partial charge >= 0.3 is 0 Å². The first kappa shape index (κ1) is 14.0. The first-order valence-corrected chi connectivity index (χ1v) is 8.54. The van der Waals surface area contributed by atoms with Gasteiger partial charge in [0.2, 0.25) is 0 Å². The molecule has 0 aliphatic heterocycles. The molecule has 2 nitrogen and oxygen atoms in total. The Labute approximate surface area is 132 Å². The summed E-state index contributed by atoms with van der Waals surface area (Å²) in [6, 6.07) is 7.88. The van der Waals surface area contributed by atoms with Gasteiger partial charge in [-0.2, -0.15) is 0 Å². The van der Waals surface area contributed by atoms with Crippen molar-refractivity contribution in [3.63, 3.8) is 0 Å². The van der Waals surface area contributed by atoms with Crippen molar-refractivity contribution in [2.45, 2.75) is 38.5 Å². The predicted octanol–water partition coefficient (Wildman–Crippen LogP) is 4.49. The summed E-state index contributed by atoms with van der Waals surface area (Å²) < 4.78 is 5.36. The molecule has 1 aromatic carbocycles. The summed E-state index contributed by atoms with van der Waals surface area (Å²) in [5, 5.41) is 0. The minimum absolute atomic E-state index is 0.0345. The number of hydrogen-bond donors (Lipinski definition) is 0. The summed E-state index contributed by atoms with van der Waals surface area (Å²) in [5.41, 5.74) is 0.955. The highest BCUT2D eigenvalue weighted by Crippen LogP contribution is 2.60. The van der Waals surface area contributed by atoms with E-state index < -0.39 is 0 Å². The van der Waals surface area contributed by atoms with Crippen LogP contribution in [0.3, 0.4) is 0 Å². The molecule has 5 rings (SSSR count). The zero-order valence-electron chi connectivity index (χ0n) is 13.3. The van der Waals surface area contributed by atoms with E-state index in [-0.39, 0.29) is 5.41 Å². The highest BCUT2D eigenvalue weighted by molar-refractivity contribution is 5.98. The van der Waals surface area contributed by atoms with Crippen molar-refractivity contribution in [2.75, 3.05) is 7.11 Å². The van der Waals surface area contributed by atoms with E-state index in [4.69, 9.17) is 4.74 Å². The zero-order valence-corrected chi connectivity index (χ0v) is 13.3. The molecule has 0 aromatic heterocycles. The summed E-state index contributed by atoms with van der Waals surface area (Å²) in [6.45, 7) is 0. The fourth-order valence-electron chi connectivity index (χ4n) is 5.56. The van der Waals surface area contributed by atoms with Crippen LogP contribution in [0.2, 0.25) is 0 Å². The van der Waals surface area contributed by atoms with Gasteiger partial charge in [-0.05, 0) is 74.5 Å². The molecule has 4 saturated carbocycles. The Morgan fingerprint density at radius 2 is 1.68 bits per heavy atom. The normalized spacial score (nSPS) is 36.0. The average Bonchev–Trinajstić information content (AvgIpc) is 2.51. The Morgan fingerprint density at radius 1 is 1.09 bits per heavy atom. The number of benzene rings is 1. The first-order chi connectivity index (χ1) is 10.7. The minimum Gasteiger partial charge on any atom is -0.496 e. The lowest BCUT2D eigenvalue weighted by atomic mass is 9.48. The van der Waals surface area contributed by atoms with Crippen LogP contribution in [0.1, 0.15) is 44.1 Å². The van der Waals surface area contributed by atoms with Crippen LogP contribution in [0, 0.1) is 23.2 Å². The van der Waals surface area contributed by atoms with E-state index in [0.717, 1.165) is 48.3 Å². The minimum atomic E-state index is -0.0345. The molecule has 22 heavy (non-hydrogen) atoms. The third-order valence-corrected chi connectivity index (χ3v) is 6.11. The number of hydrogen-bond acceptors (Lipinski definition) is 2. The second kappa shape index (κ2) is 5.26. The molecule has 4 aliphatic carbocycles. The number of ketones is 1. The van der Waals surface area contributed by atoms with Crippen molar-refractivity contribution in [1.29, 1.82) is 0 Å². The number of methoxy groups -OCH3 is 1. The van der Waals surface area contributed by atoms with Gasteiger partial charge in [0.25, 0.3) is 0 Å². The molecule has 4 fully saturated rings. The van der Waals surface area contributed by atoms with E-state index in [1.54, 1.807) is 7.11 Å². The maximum atomic E-state index is 12.9. The summed E-state index contributed by atoms with van der Waals surface area (Å²) in [6.07, 6.45) is 11.3. The largest absolute Gasteiger partial charge is 0.496 e. The quantitative estimate of drug-likeness (QED) is 0.765. The van der Waals surface area contributed by atoms with Crippen LogP contribution in [0.15, 0.2) is 30.3 Å². The molecule has 1 aromatic rings. The van der Waals surface area contributed by atoms with Gasteiger partial charge in [-0.15, -0.1) is 0 Å². The second-order valence-corrected chi connectivity index (χ2v) is 7.64. The average molecular weight is 296 g/mol. The van der Waals surface area contributed by atoms with Gasteiger partial charge in [0.15, 0.2) is 5.78 Å². The standard InChI is InChI=1S/C20H24O2/c1-22-18-5-3-2-4-17(18)6-7-19(21)20-11-14-8-15(12-20)10-16(9-14)13-20/h2-7,14-16H,8-13H2,1H3. The Kier molecular flexibility index (Phi) is 3.36. The van der Waals surface area contributed by atoms with E-state index in [2.05, 4.69) is 0 Å². The van der Waals surface area contributed by atoms with Gasteiger partial charge in [-0.1, -0.05) is 18.2 Å². The van der Waals surface area contributed by atoms with Crippen molar-refractivity contribution in [3.05, 3.63) is 35.9 Å². The molecule has 2 heteroatoms. The molecule has 0 unspecified atom stereocenters. The van der Waals surface area contributed by atoms with Gasteiger partial charge < -0.3 is 4.74 Å². The zero-order chi connectivity index (χ0) is 15.2. The highest BCUT2D eigenvalue weighted by atomic mass is 16.5. The molecule has 0 radical (unpaired) electrons. The molecule has 0 atom stereocenters. The van der Waals surface area contributed by atoms with E-state index in [1.165, 1.54) is 19.3 Å². The Morgan fingerprint density at radius 3 is 2.27 bits per heavy atom. The molecular formula is C20H24O2. The van der Waals surface area contributed by atoms with E-state index in [0.29, 0.717) is 5.78 Å². The lowest BCUT2D eigenvalue weighted by Gasteiger charge is -2.55. The SMILES string of the molecule is COc1ccccc1C=CC(=O)C12CC3CC(CC(C3)C1)C2. The van der Waals surface area contributed by atoms with Crippen molar-refractivity contribution in [1.82, 2.24) is 0 Å². The van der Waals surface area contributed by atoms with Gasteiger partial charge in [0.05, 0.1) is 7.11 Å². The van der Waals surface area contributed by atoms with Crippen molar-refractivity contribution in [3.8, 4) is 5.75 Å². The van der Waals surface area contributed by atoms with Gasteiger partial charge in [-0.25, -0.2) is 0 Å². The number of rotatable bonds is 4. The highest BCUT2D eigenvalue weighted by Gasteiger charge is 2.53. The number of ether oxygens (including phenoxy) is 1. The fraction of sp³-hybridized carbons (Fsp3) is 0.550. The van der Waals surface area contributed by atoms with Gasteiger partial charge in [0, 0.05) is 11.0 Å². The van der Waals surface area contributed by atoms with Crippen molar-refractivity contribution < 1.29 is 9.53 Å². The Balaban J connectivity index is 1.56. The number of para-hydroxylation sites is 1. The van der Waals surface area contributed by atoms with E-state index >= 15 is 0 Å². The van der Waals surface area contributed by atoms with Crippen LogP contribution < -0.4 is 4.74 Å². The summed E-state index contributed by atoms with van der Waals surface area (Å²) in [5.74, 6) is 3.63. The monoisotopic (exact) mass is 296 g/mol. The maximum absolute atomic E-state index is 12.9. The maximum Gasteiger partial charge on any atom is 0.161 e. The fourth-order valence-corrected chi connectivity index (χ4v) is 5.56. The molecule has 116 valence electrons. The van der Waals surface area contributed by atoms with Crippen LogP contribution in [-0.4, -0.2) is 12.9 Å². The molecule has 0 heterocycles. The Bertz CT molecular complexity index is 579. The van der Waals surface area contributed by atoms with E-state index in [9.17, 15) is 4.79 Å². The van der Waals surface area contributed by atoms with Crippen molar-refractivity contribution >= 4 is 11.9 Å². The lowest BCUT2D eigenvalue weighted by Crippen LogP contribution is -2.49. The van der Waals surface area contributed by atoms with Crippen LogP contribution in [0.4, 0.5) is 0 Å². The van der Waals surface area contributed by atoms with Crippen molar-refractivity contribution in [2.24, 2.45) is 23.2 Å². The third kappa shape index (κ3) is 2.29. The predicted molar refractivity (Wildman–Crippen MR) is 87.6 cm³/mol. The van der Waals surface area contributed by atoms with Crippen LogP contribution in [0.5, 0.6) is 5.75 Å². The molecule has 0 saturated heterocycles. The third-order valence-electron chi connectivity index (χ3n) is 6.11. The smallest absolute Gasteiger partial charge is 0.161 e. The van der Waals surface area contributed by atoms with Crippen LogP contribution in [0.25, 0.3) is 6.08 Å². The molecule has 4 bridgehead atoms. The molecule has 0 spiro atoms. The molecular weight excluding hydrogens is 272 g/mol. The lowest BCUT2D eigenvalue weighted by molar-refractivity contribution is -0.138. The Hall–Kier alpha value is -1.57. The molecule has 0 N–H and O–H groups in total. The van der Waals surface area contributed by atoms with E-state index in [1.807, 2.05) is 36.4 Å². The second-order valence-electron chi connectivity index (χ2n) is 7.64. The van der Waals surface area contributed by atoms with Gasteiger partial charge in [-0.3, -0.25) is 4.79 Å². The topological polar surface area (TPSA) is 26.3 Å². The molecule has 0 amide bonds.